The molecular formula is C19H25BrF17N3O3S. The van der Waals surface area contributed by atoms with E-state index in [1.807, 2.05) is 0 Å². The Labute approximate surface area is 249 Å². The number of amides is 1. The van der Waals surface area contributed by atoms with Gasteiger partial charge in [0.05, 0.1) is 21.1 Å². The second kappa shape index (κ2) is 13.4. The van der Waals surface area contributed by atoms with Gasteiger partial charge in [-0.15, -0.1) is 0 Å². The predicted molar refractivity (Wildman–Crippen MR) is 112 cm³/mol. The molecule has 266 valence electrons. The number of nitrogens with zero attached hydrogens (tertiary/aromatic N) is 2. The van der Waals surface area contributed by atoms with E-state index in [4.69, 9.17) is 0 Å². The van der Waals surface area contributed by atoms with E-state index in [2.05, 4.69) is 5.32 Å². The maximum absolute atomic E-state index is 14.6. The van der Waals surface area contributed by atoms with Crippen molar-refractivity contribution in [2.75, 3.05) is 40.9 Å². The third-order valence-corrected chi connectivity index (χ3v) is 7.41. The molecule has 0 bridgehead atoms. The molecule has 1 amide bonds. The van der Waals surface area contributed by atoms with E-state index in [1.165, 1.54) is 28.1 Å². The number of carbonyl (C=O) groups excluding carboxylic acids is 1. The summed E-state index contributed by atoms with van der Waals surface area (Å²) >= 11 is 0. The molecule has 25 heteroatoms. The molecule has 0 atom stereocenters. The van der Waals surface area contributed by atoms with Gasteiger partial charge in [0.1, 0.15) is 0 Å². The van der Waals surface area contributed by atoms with E-state index in [0.717, 1.165) is 0 Å². The van der Waals surface area contributed by atoms with Gasteiger partial charge in [0.2, 0.25) is 5.91 Å². The Kier molecular flexibility index (Phi) is 13.6. The minimum Gasteiger partial charge on any atom is -1.00 e. The molecule has 0 aliphatic rings. The minimum atomic E-state index is -8.90. The van der Waals surface area contributed by atoms with Gasteiger partial charge in [0, 0.05) is 19.5 Å². The summed E-state index contributed by atoms with van der Waals surface area (Å²) < 4.78 is 254. The van der Waals surface area contributed by atoms with Crippen LogP contribution in [-0.2, 0) is 14.8 Å². The Morgan fingerprint density at radius 3 is 1.36 bits per heavy atom. The highest BCUT2D eigenvalue weighted by atomic mass is 79.9. The van der Waals surface area contributed by atoms with Crippen molar-refractivity contribution >= 4 is 15.9 Å². The van der Waals surface area contributed by atoms with Crippen molar-refractivity contribution in [3.05, 3.63) is 0 Å². The zero-order valence-corrected chi connectivity index (χ0v) is 25.0. The van der Waals surface area contributed by atoms with Gasteiger partial charge in [0.25, 0.3) is 10.0 Å². The largest absolute Gasteiger partial charge is 1.00 e. The van der Waals surface area contributed by atoms with Gasteiger partial charge in [-0.1, -0.05) is 13.3 Å². The van der Waals surface area contributed by atoms with Gasteiger partial charge < -0.3 is 26.8 Å². The van der Waals surface area contributed by atoms with Crippen LogP contribution >= 0.6 is 0 Å². The molecule has 0 aromatic heterocycles. The first kappa shape index (κ1) is 44.8. The number of rotatable bonds is 16. The van der Waals surface area contributed by atoms with Crippen LogP contribution < -0.4 is 22.3 Å². The third kappa shape index (κ3) is 7.60. The Morgan fingerprint density at radius 2 is 1.02 bits per heavy atom. The summed E-state index contributed by atoms with van der Waals surface area (Å²) in [5.74, 6) is -53.1. The fourth-order valence-electron chi connectivity index (χ4n) is 2.80. The number of hydrogen-bond acceptors (Lipinski definition) is 3. The van der Waals surface area contributed by atoms with Crippen molar-refractivity contribution in [1.82, 2.24) is 9.62 Å². The summed E-state index contributed by atoms with van der Waals surface area (Å²) in [5.41, 5.74) is 0. The lowest BCUT2D eigenvalue weighted by atomic mass is 9.91. The van der Waals surface area contributed by atoms with E-state index in [9.17, 15) is 87.8 Å². The number of halogens is 18. The normalized spacial score (nSPS) is 15.3. The molecule has 0 aliphatic carbocycles. The van der Waals surface area contributed by atoms with Crippen LogP contribution in [0.25, 0.3) is 0 Å². The van der Waals surface area contributed by atoms with Crippen molar-refractivity contribution < 1.29 is 109 Å². The van der Waals surface area contributed by atoms with Crippen LogP contribution in [0.1, 0.15) is 26.2 Å². The Balaban J connectivity index is 0. The molecule has 0 radical (unpaired) electrons. The third-order valence-electron chi connectivity index (χ3n) is 5.46. The number of nitrogens with one attached hydrogen (secondary N) is 1. The second-order valence-corrected chi connectivity index (χ2v) is 12.0. The molecule has 6 nitrogen and oxygen atoms in total. The van der Waals surface area contributed by atoms with Crippen LogP contribution in [0.2, 0.25) is 0 Å². The average Bonchev–Trinajstić information content (AvgIpc) is 2.80. The maximum Gasteiger partial charge on any atom is 0.460 e. The monoisotopic (exact) mass is 777 g/mol. The Hall–Kier alpha value is -1.37. The zero-order chi connectivity index (χ0) is 35.1. The molecule has 0 heterocycles. The van der Waals surface area contributed by atoms with E-state index in [1.54, 1.807) is 0 Å². The fourth-order valence-corrected chi connectivity index (χ4v) is 4.28. The summed E-state index contributed by atoms with van der Waals surface area (Å²) in [6.45, 7) is -1.85. The lowest BCUT2D eigenvalue weighted by molar-refractivity contribution is -0.872. The van der Waals surface area contributed by atoms with Gasteiger partial charge in [-0.2, -0.15) is 78.9 Å². The highest BCUT2D eigenvalue weighted by Gasteiger charge is 2.96. The van der Waals surface area contributed by atoms with Gasteiger partial charge in [-0.25, -0.2) is 8.42 Å². The lowest BCUT2D eigenvalue weighted by Crippen LogP contribution is -3.00. The fraction of sp³-hybridized carbons (Fsp3) is 0.947. The van der Waals surface area contributed by atoms with Crippen LogP contribution in [0.4, 0.5) is 74.6 Å². The van der Waals surface area contributed by atoms with Crippen LogP contribution in [0, 0.1) is 0 Å². The number of unbranched alkanes of at least 4 members (excludes halogenated alkanes) is 1. The Bertz CT molecular complexity index is 1090. The average molecular weight is 778 g/mol. The van der Waals surface area contributed by atoms with Crippen molar-refractivity contribution in [3.8, 4) is 0 Å². The van der Waals surface area contributed by atoms with E-state index in [-0.39, 0.29) is 34.6 Å². The maximum atomic E-state index is 14.6. The molecule has 44 heavy (non-hydrogen) atoms. The summed E-state index contributed by atoms with van der Waals surface area (Å²) in [7, 11) is -2.95. The standard InChI is InChI=1S/C19H24F17N3O3S.BrH/c1-5-6-8-38(9-7-11(40)37-10-39(2,3)4)43(41,42)19(35,36)17(30,31)15(26,27)13(22,23)12(20,21)14(24,25)16(28,29)18(32,33)34;/h5-10H2,1-4H3;1H. The van der Waals surface area contributed by atoms with E-state index < -0.39 is 93.1 Å². The lowest BCUT2D eigenvalue weighted by Gasteiger charge is -2.43. The first-order valence-corrected chi connectivity index (χ1v) is 12.8. The molecule has 0 saturated heterocycles. The molecule has 0 aliphatic heterocycles. The number of alkyl halides is 17. The molecule has 0 fully saturated rings. The van der Waals surface area contributed by atoms with Gasteiger partial charge >= 0.3 is 47.0 Å². The quantitative estimate of drug-likeness (QED) is 0.149. The second-order valence-electron chi connectivity index (χ2n) is 10.0. The minimum absolute atomic E-state index is 0. The molecule has 0 rings (SSSR count). The smallest absolute Gasteiger partial charge is 0.460 e. The van der Waals surface area contributed by atoms with Crippen LogP contribution in [0.3, 0.4) is 0 Å². The van der Waals surface area contributed by atoms with Crippen molar-refractivity contribution in [1.29, 1.82) is 0 Å². The topological polar surface area (TPSA) is 66.5 Å². The molecule has 0 spiro atoms. The molecular weight excluding hydrogens is 753 g/mol. The molecule has 0 aromatic rings. The number of carbonyl (C=O) groups is 1. The van der Waals surface area contributed by atoms with E-state index in [0.29, 0.717) is 0 Å². The zero-order valence-electron chi connectivity index (χ0n) is 22.6. The van der Waals surface area contributed by atoms with Crippen LogP contribution in [0.15, 0.2) is 0 Å². The molecule has 1 N–H and O–H groups in total. The summed E-state index contributed by atoms with van der Waals surface area (Å²) in [6, 6.07) is 0. The van der Waals surface area contributed by atoms with Crippen molar-refractivity contribution in [3.63, 3.8) is 0 Å². The molecule has 0 aromatic carbocycles. The molecule has 0 saturated carbocycles. The number of hydrogen-bond donors (Lipinski definition) is 1. The van der Waals surface area contributed by atoms with Crippen molar-refractivity contribution in [2.45, 2.75) is 73.2 Å². The van der Waals surface area contributed by atoms with Crippen LogP contribution in [0.5, 0.6) is 0 Å². The number of sulfonamides is 1. The summed E-state index contributed by atoms with van der Waals surface area (Å²) in [6.07, 6.45) is -9.80. The SMILES string of the molecule is CCCCN(CCC(=O)NC[N+](C)(C)C)S(=O)(=O)C(F)(F)C(F)(F)C(F)(F)C(F)(F)C(F)(F)C(F)(F)C(F)(F)C(F)(F)F.[Br-]. The first-order chi connectivity index (χ1) is 18.6. The highest BCUT2D eigenvalue weighted by Crippen LogP contribution is 2.64. The first-order valence-electron chi connectivity index (χ1n) is 11.3. The van der Waals surface area contributed by atoms with Gasteiger partial charge in [0.15, 0.2) is 6.67 Å². The van der Waals surface area contributed by atoms with Crippen LogP contribution in [-0.4, -0.2) is 111 Å². The van der Waals surface area contributed by atoms with E-state index >= 15 is 0 Å². The van der Waals surface area contributed by atoms with Gasteiger partial charge in [-0.3, -0.25) is 4.79 Å². The van der Waals surface area contributed by atoms with Crippen molar-refractivity contribution in [2.24, 2.45) is 0 Å². The summed E-state index contributed by atoms with van der Waals surface area (Å²) in [5, 5.41) is -5.54. The Morgan fingerprint density at radius 1 is 0.659 bits per heavy atom. The molecule has 0 unspecified atom stereocenters. The predicted octanol–water partition coefficient (Wildman–Crippen LogP) is 2.56. The highest BCUT2D eigenvalue weighted by molar-refractivity contribution is 7.90. The van der Waals surface area contributed by atoms with Gasteiger partial charge in [-0.05, 0) is 6.42 Å². The number of quaternary nitrogens is 1. The summed E-state index contributed by atoms with van der Waals surface area (Å²) in [4.78, 5) is 11.9.